The molecule has 2 rings (SSSR count). The summed E-state index contributed by atoms with van der Waals surface area (Å²) in [7, 11) is 0. The fourth-order valence-corrected chi connectivity index (χ4v) is 2.31. The molecule has 2 N–H and O–H groups in total. The lowest BCUT2D eigenvalue weighted by Crippen LogP contribution is -2.42. The van der Waals surface area contributed by atoms with Crippen LogP contribution in [0.3, 0.4) is 0 Å². The summed E-state index contributed by atoms with van der Waals surface area (Å²) < 4.78 is 0. The molecule has 1 aromatic heterocycles. The molecule has 5 heteroatoms. The second kappa shape index (κ2) is 4.92. The maximum atomic E-state index is 12.3. The Morgan fingerprint density at radius 1 is 1.39 bits per heavy atom. The first-order chi connectivity index (χ1) is 8.47. The van der Waals surface area contributed by atoms with E-state index in [0.29, 0.717) is 17.5 Å². The number of amides is 1. The number of rotatable bonds is 1. The molecular formula is C13H20N4O. The number of piperidine rings is 1. The van der Waals surface area contributed by atoms with Crippen molar-refractivity contribution in [3.63, 3.8) is 0 Å². The van der Waals surface area contributed by atoms with Crippen LogP contribution in [0.2, 0.25) is 0 Å². The van der Waals surface area contributed by atoms with E-state index < -0.39 is 0 Å². The van der Waals surface area contributed by atoms with E-state index in [1.165, 1.54) is 0 Å². The predicted octanol–water partition coefficient (Wildman–Crippen LogP) is 1.49. The number of hydrogen-bond acceptors (Lipinski definition) is 4. The molecule has 1 fully saturated rings. The van der Waals surface area contributed by atoms with Gasteiger partial charge in [0.1, 0.15) is 5.69 Å². The van der Waals surface area contributed by atoms with Crippen LogP contribution < -0.4 is 5.73 Å². The van der Waals surface area contributed by atoms with Crippen LogP contribution in [0.1, 0.15) is 36.5 Å². The van der Waals surface area contributed by atoms with Gasteiger partial charge in [-0.1, -0.05) is 13.8 Å². The molecule has 2 heterocycles. The smallest absolute Gasteiger partial charge is 0.272 e. The van der Waals surface area contributed by atoms with Gasteiger partial charge in [-0.3, -0.25) is 4.79 Å². The normalized spacial score (nSPS) is 24.1. The maximum absolute atomic E-state index is 12.3. The fourth-order valence-electron chi connectivity index (χ4n) is 2.31. The molecule has 18 heavy (non-hydrogen) atoms. The molecule has 1 aromatic rings. The number of carbonyl (C=O) groups excluding carboxylic acids is 1. The summed E-state index contributed by atoms with van der Waals surface area (Å²) in [6, 6.07) is 1.70. The van der Waals surface area contributed by atoms with Crippen LogP contribution in [-0.2, 0) is 0 Å². The van der Waals surface area contributed by atoms with Crippen molar-refractivity contribution in [3.8, 4) is 0 Å². The molecule has 5 nitrogen and oxygen atoms in total. The van der Waals surface area contributed by atoms with Crippen LogP contribution in [0.25, 0.3) is 0 Å². The van der Waals surface area contributed by atoms with E-state index in [1.807, 2.05) is 11.8 Å². The Bertz CT molecular complexity index is 440. The SMILES string of the molecule is Cc1cc(C(=O)N2CCC(C)C(C)C2)nc(N)n1. The van der Waals surface area contributed by atoms with Crippen LogP contribution in [0.4, 0.5) is 5.95 Å². The molecule has 0 saturated carbocycles. The highest BCUT2D eigenvalue weighted by Crippen LogP contribution is 2.23. The minimum Gasteiger partial charge on any atom is -0.368 e. The second-order valence-electron chi connectivity index (χ2n) is 5.25. The summed E-state index contributed by atoms with van der Waals surface area (Å²) in [6.07, 6.45) is 1.05. The largest absolute Gasteiger partial charge is 0.368 e. The number of aryl methyl sites for hydroxylation is 1. The van der Waals surface area contributed by atoms with Crippen LogP contribution in [0.5, 0.6) is 0 Å². The Morgan fingerprint density at radius 2 is 2.11 bits per heavy atom. The van der Waals surface area contributed by atoms with E-state index in [0.717, 1.165) is 25.2 Å². The summed E-state index contributed by atoms with van der Waals surface area (Å²) in [6.45, 7) is 7.83. The van der Waals surface area contributed by atoms with Gasteiger partial charge in [-0.05, 0) is 31.2 Å². The number of carbonyl (C=O) groups is 1. The Morgan fingerprint density at radius 3 is 2.72 bits per heavy atom. The van der Waals surface area contributed by atoms with Crippen molar-refractivity contribution in [3.05, 3.63) is 17.5 Å². The Hall–Kier alpha value is -1.65. The van der Waals surface area contributed by atoms with Crippen LogP contribution in [0.15, 0.2) is 6.07 Å². The number of likely N-dealkylation sites (tertiary alicyclic amines) is 1. The van der Waals surface area contributed by atoms with Crippen molar-refractivity contribution in [2.24, 2.45) is 11.8 Å². The lowest BCUT2D eigenvalue weighted by molar-refractivity contribution is 0.0621. The molecule has 0 radical (unpaired) electrons. The van der Waals surface area contributed by atoms with Gasteiger partial charge >= 0.3 is 0 Å². The number of anilines is 1. The minimum absolute atomic E-state index is 0.0362. The van der Waals surface area contributed by atoms with Crippen molar-refractivity contribution >= 4 is 11.9 Å². The van der Waals surface area contributed by atoms with Crippen molar-refractivity contribution in [2.45, 2.75) is 27.2 Å². The molecule has 2 unspecified atom stereocenters. The molecule has 1 aliphatic heterocycles. The monoisotopic (exact) mass is 248 g/mol. The lowest BCUT2D eigenvalue weighted by atomic mass is 9.88. The quantitative estimate of drug-likeness (QED) is 0.817. The van der Waals surface area contributed by atoms with Crippen molar-refractivity contribution in [1.29, 1.82) is 0 Å². The second-order valence-corrected chi connectivity index (χ2v) is 5.25. The summed E-state index contributed by atoms with van der Waals surface area (Å²) in [5.74, 6) is 1.33. The van der Waals surface area contributed by atoms with Crippen molar-refractivity contribution < 1.29 is 4.79 Å². The average Bonchev–Trinajstić information content (AvgIpc) is 2.30. The highest BCUT2D eigenvalue weighted by atomic mass is 16.2. The molecule has 1 amide bonds. The maximum Gasteiger partial charge on any atom is 0.272 e. The highest BCUT2D eigenvalue weighted by Gasteiger charge is 2.27. The Balaban J connectivity index is 2.16. The Kier molecular flexibility index (Phi) is 3.50. The van der Waals surface area contributed by atoms with Crippen molar-refractivity contribution in [2.75, 3.05) is 18.8 Å². The molecule has 0 bridgehead atoms. The minimum atomic E-state index is -0.0362. The molecule has 1 aliphatic rings. The van der Waals surface area contributed by atoms with Gasteiger partial charge in [0.2, 0.25) is 5.95 Å². The van der Waals surface area contributed by atoms with Gasteiger partial charge in [0, 0.05) is 18.8 Å². The summed E-state index contributed by atoms with van der Waals surface area (Å²) in [4.78, 5) is 22.2. The average molecular weight is 248 g/mol. The van der Waals surface area contributed by atoms with Gasteiger partial charge in [-0.2, -0.15) is 0 Å². The van der Waals surface area contributed by atoms with E-state index in [9.17, 15) is 4.79 Å². The van der Waals surface area contributed by atoms with Gasteiger partial charge in [0.25, 0.3) is 5.91 Å². The standard InChI is InChI=1S/C13H20N4O/c1-8-4-5-17(7-9(8)2)12(18)11-6-10(3)15-13(14)16-11/h6,8-9H,4-5,7H2,1-3H3,(H2,14,15,16). The first kappa shape index (κ1) is 12.8. The van der Waals surface area contributed by atoms with Crippen LogP contribution >= 0.6 is 0 Å². The molecule has 0 spiro atoms. The summed E-state index contributed by atoms with van der Waals surface area (Å²) in [5, 5.41) is 0. The van der Waals surface area contributed by atoms with E-state index in [-0.39, 0.29) is 11.9 Å². The fraction of sp³-hybridized carbons (Fsp3) is 0.615. The molecule has 1 saturated heterocycles. The van der Waals surface area contributed by atoms with E-state index >= 15 is 0 Å². The predicted molar refractivity (Wildman–Crippen MR) is 70.0 cm³/mol. The number of nitrogen functional groups attached to an aromatic ring is 1. The van der Waals surface area contributed by atoms with Gasteiger partial charge < -0.3 is 10.6 Å². The zero-order valence-corrected chi connectivity index (χ0v) is 11.2. The van der Waals surface area contributed by atoms with Crippen LogP contribution in [-0.4, -0.2) is 33.9 Å². The summed E-state index contributed by atoms with van der Waals surface area (Å²) in [5.41, 5.74) is 6.71. The van der Waals surface area contributed by atoms with Crippen molar-refractivity contribution in [1.82, 2.24) is 14.9 Å². The van der Waals surface area contributed by atoms with E-state index in [1.54, 1.807) is 6.07 Å². The van der Waals surface area contributed by atoms with Gasteiger partial charge in [-0.15, -0.1) is 0 Å². The topological polar surface area (TPSA) is 72.1 Å². The third-order valence-electron chi connectivity index (χ3n) is 3.71. The third kappa shape index (κ3) is 2.60. The molecule has 2 atom stereocenters. The Labute approximate surface area is 107 Å². The first-order valence-electron chi connectivity index (χ1n) is 6.38. The summed E-state index contributed by atoms with van der Waals surface area (Å²) >= 11 is 0. The highest BCUT2D eigenvalue weighted by molar-refractivity contribution is 5.92. The molecule has 0 aromatic carbocycles. The zero-order chi connectivity index (χ0) is 13.3. The molecular weight excluding hydrogens is 228 g/mol. The van der Waals surface area contributed by atoms with Gasteiger partial charge in [0.15, 0.2) is 0 Å². The van der Waals surface area contributed by atoms with E-state index in [4.69, 9.17) is 5.73 Å². The number of hydrogen-bond donors (Lipinski definition) is 1. The lowest BCUT2D eigenvalue weighted by Gasteiger charge is -2.35. The molecule has 98 valence electrons. The van der Waals surface area contributed by atoms with E-state index in [2.05, 4.69) is 23.8 Å². The van der Waals surface area contributed by atoms with Gasteiger partial charge in [-0.25, -0.2) is 9.97 Å². The van der Waals surface area contributed by atoms with Crippen LogP contribution in [0, 0.1) is 18.8 Å². The number of aromatic nitrogens is 2. The number of nitrogens with two attached hydrogens (primary N) is 1. The first-order valence-corrected chi connectivity index (χ1v) is 6.38. The number of nitrogens with zero attached hydrogens (tertiary/aromatic N) is 3. The van der Waals surface area contributed by atoms with Gasteiger partial charge in [0.05, 0.1) is 0 Å². The molecule has 0 aliphatic carbocycles. The zero-order valence-electron chi connectivity index (χ0n) is 11.2. The third-order valence-corrected chi connectivity index (χ3v) is 3.71.